The second kappa shape index (κ2) is 4.58. The van der Waals surface area contributed by atoms with Crippen LogP contribution in [0, 0.1) is 10.7 Å². The molecule has 0 amide bonds. The molecule has 1 aliphatic rings. The second-order valence-electron chi connectivity index (χ2n) is 4.89. The summed E-state index contributed by atoms with van der Waals surface area (Å²) in [5, 5.41) is 0. The summed E-state index contributed by atoms with van der Waals surface area (Å²) in [6.07, 6.45) is 5.27. The van der Waals surface area contributed by atoms with Crippen LogP contribution in [-0.2, 0) is 12.8 Å². The highest BCUT2D eigenvalue weighted by atomic mass is 32.1. The molecule has 18 heavy (non-hydrogen) atoms. The maximum Gasteiger partial charge on any atom is 0.174 e. The van der Waals surface area contributed by atoms with Crippen LogP contribution in [0.4, 0.5) is 0 Å². The topological polar surface area (TPSA) is 31.6 Å². The molecule has 2 N–H and O–H groups in total. The van der Waals surface area contributed by atoms with Gasteiger partial charge in [-0.05, 0) is 54.1 Å². The summed E-state index contributed by atoms with van der Waals surface area (Å²) in [5.74, 6) is 0.515. The Morgan fingerprint density at radius 3 is 2.94 bits per heavy atom. The predicted octanol–water partition coefficient (Wildman–Crippen LogP) is 3.89. The number of allylic oxidation sites excluding steroid dienone is 1. The zero-order valence-electron chi connectivity index (χ0n) is 10.2. The van der Waals surface area contributed by atoms with E-state index in [1.807, 2.05) is 6.20 Å². The van der Waals surface area contributed by atoms with E-state index >= 15 is 0 Å². The Balaban J connectivity index is 1.84. The summed E-state index contributed by atoms with van der Waals surface area (Å²) in [7, 11) is 0. The average Bonchev–Trinajstić information content (AvgIpc) is 2.79. The largest absolute Gasteiger partial charge is 0.337 e. The highest BCUT2D eigenvalue weighted by molar-refractivity contribution is 7.71. The van der Waals surface area contributed by atoms with E-state index in [0.717, 1.165) is 12.8 Å². The van der Waals surface area contributed by atoms with Gasteiger partial charge in [-0.2, -0.15) is 0 Å². The molecule has 0 aliphatic heterocycles. The summed E-state index contributed by atoms with van der Waals surface area (Å²) in [4.78, 5) is 6.21. The first-order valence-electron chi connectivity index (χ1n) is 6.27. The van der Waals surface area contributed by atoms with Gasteiger partial charge in [-0.25, -0.2) is 0 Å². The van der Waals surface area contributed by atoms with Gasteiger partial charge in [0.1, 0.15) is 0 Å². The molecule has 1 heterocycles. The molecule has 92 valence electrons. The van der Waals surface area contributed by atoms with E-state index in [4.69, 9.17) is 12.2 Å². The van der Waals surface area contributed by atoms with Crippen molar-refractivity contribution in [1.82, 2.24) is 9.97 Å². The van der Waals surface area contributed by atoms with Gasteiger partial charge in [0.2, 0.25) is 0 Å². The summed E-state index contributed by atoms with van der Waals surface area (Å²) < 4.78 is 0.701. The molecule has 0 fully saturated rings. The van der Waals surface area contributed by atoms with Crippen LogP contribution < -0.4 is 0 Å². The molecule has 0 bridgehead atoms. The summed E-state index contributed by atoms with van der Waals surface area (Å²) >= 11 is 5.06. The third-order valence-corrected chi connectivity index (χ3v) is 3.96. The van der Waals surface area contributed by atoms with E-state index in [0.29, 0.717) is 10.7 Å². The minimum absolute atomic E-state index is 0.515. The monoisotopic (exact) mass is 256 g/mol. The molecule has 0 saturated heterocycles. The van der Waals surface area contributed by atoms with E-state index in [2.05, 4.69) is 40.8 Å². The molecule has 2 nitrogen and oxygen atoms in total. The van der Waals surface area contributed by atoms with Crippen molar-refractivity contribution in [2.45, 2.75) is 19.3 Å². The van der Waals surface area contributed by atoms with Crippen LogP contribution in [-0.4, -0.2) is 9.97 Å². The number of hydrogen-bond acceptors (Lipinski definition) is 1. The minimum atomic E-state index is 0.515. The molecule has 1 aromatic carbocycles. The number of hydrogen-bond donors (Lipinski definition) is 2. The van der Waals surface area contributed by atoms with Gasteiger partial charge in [0, 0.05) is 11.9 Å². The maximum atomic E-state index is 5.06. The third kappa shape index (κ3) is 2.06. The fourth-order valence-electron chi connectivity index (χ4n) is 2.75. The zero-order chi connectivity index (χ0) is 12.5. The number of imidazole rings is 1. The standard InChI is InChI=1S/C15H16N2S/c1-10-12(8-13-9-16-15(18)17-13)7-6-11-4-2-3-5-14(10)11/h2-5,9,12H,1,6-8H2,(H2,16,17,18). The highest BCUT2D eigenvalue weighted by Crippen LogP contribution is 2.35. The lowest BCUT2D eigenvalue weighted by molar-refractivity contribution is 0.581. The van der Waals surface area contributed by atoms with Crippen LogP contribution in [0.5, 0.6) is 0 Å². The molecule has 3 rings (SSSR count). The number of nitrogens with one attached hydrogen (secondary N) is 2. The van der Waals surface area contributed by atoms with E-state index in [-0.39, 0.29) is 0 Å². The van der Waals surface area contributed by atoms with Gasteiger partial charge >= 0.3 is 0 Å². The SMILES string of the molecule is C=C1c2ccccc2CCC1Cc1c[nH]c(=S)[nH]1. The Morgan fingerprint density at radius 1 is 1.33 bits per heavy atom. The molecule has 1 unspecified atom stereocenters. The fraction of sp³-hybridized carbons (Fsp3) is 0.267. The number of rotatable bonds is 2. The first-order chi connectivity index (χ1) is 8.74. The van der Waals surface area contributed by atoms with Crippen LogP contribution >= 0.6 is 12.2 Å². The van der Waals surface area contributed by atoms with Gasteiger partial charge in [-0.1, -0.05) is 30.8 Å². The van der Waals surface area contributed by atoms with E-state index in [1.165, 1.54) is 28.8 Å². The summed E-state index contributed by atoms with van der Waals surface area (Å²) in [6.45, 7) is 4.29. The molecule has 0 saturated carbocycles. The number of aromatic amines is 2. The maximum absolute atomic E-state index is 5.06. The van der Waals surface area contributed by atoms with E-state index in [9.17, 15) is 0 Å². The quantitative estimate of drug-likeness (QED) is 0.785. The van der Waals surface area contributed by atoms with Crippen molar-refractivity contribution in [3.05, 3.63) is 58.6 Å². The molecule has 1 atom stereocenters. The van der Waals surface area contributed by atoms with Gasteiger partial charge in [-0.3, -0.25) is 0 Å². The Hall–Kier alpha value is -1.61. The summed E-state index contributed by atoms with van der Waals surface area (Å²) in [6, 6.07) is 8.59. The van der Waals surface area contributed by atoms with Gasteiger partial charge in [0.25, 0.3) is 0 Å². The van der Waals surface area contributed by atoms with Crippen molar-refractivity contribution in [2.24, 2.45) is 5.92 Å². The molecular weight excluding hydrogens is 240 g/mol. The fourth-order valence-corrected chi connectivity index (χ4v) is 2.94. The van der Waals surface area contributed by atoms with Crippen molar-refractivity contribution < 1.29 is 0 Å². The van der Waals surface area contributed by atoms with Crippen molar-refractivity contribution >= 4 is 17.8 Å². The van der Waals surface area contributed by atoms with Crippen LogP contribution in [0.15, 0.2) is 37.0 Å². The van der Waals surface area contributed by atoms with Crippen LogP contribution in [0.25, 0.3) is 5.57 Å². The molecule has 1 aliphatic carbocycles. The molecule has 1 aromatic heterocycles. The normalized spacial score (nSPS) is 18.7. The smallest absolute Gasteiger partial charge is 0.174 e. The number of benzene rings is 1. The third-order valence-electron chi connectivity index (χ3n) is 3.74. The molecule has 0 radical (unpaired) electrons. The van der Waals surface area contributed by atoms with Gasteiger partial charge in [-0.15, -0.1) is 0 Å². The number of fused-ring (bicyclic) bond motifs is 1. The second-order valence-corrected chi connectivity index (χ2v) is 5.30. The first kappa shape index (κ1) is 11.5. The lowest BCUT2D eigenvalue weighted by atomic mass is 9.78. The van der Waals surface area contributed by atoms with E-state index < -0.39 is 0 Å². The van der Waals surface area contributed by atoms with Crippen molar-refractivity contribution in [3.63, 3.8) is 0 Å². The Labute approximate surface area is 112 Å². The highest BCUT2D eigenvalue weighted by Gasteiger charge is 2.22. The van der Waals surface area contributed by atoms with Crippen LogP contribution in [0.1, 0.15) is 23.2 Å². The van der Waals surface area contributed by atoms with Gasteiger partial charge < -0.3 is 9.97 Å². The number of aryl methyl sites for hydroxylation is 1. The van der Waals surface area contributed by atoms with E-state index in [1.54, 1.807) is 0 Å². The predicted molar refractivity (Wildman–Crippen MR) is 77.0 cm³/mol. The van der Waals surface area contributed by atoms with Crippen LogP contribution in [0.3, 0.4) is 0 Å². The van der Waals surface area contributed by atoms with Crippen molar-refractivity contribution in [1.29, 1.82) is 0 Å². The van der Waals surface area contributed by atoms with Crippen LogP contribution in [0.2, 0.25) is 0 Å². The zero-order valence-corrected chi connectivity index (χ0v) is 11.0. The lowest BCUT2D eigenvalue weighted by Crippen LogP contribution is -2.15. The Bertz CT molecular complexity index is 636. The first-order valence-corrected chi connectivity index (χ1v) is 6.68. The molecular formula is C15H16N2S. The van der Waals surface area contributed by atoms with Crippen molar-refractivity contribution in [3.8, 4) is 0 Å². The molecule has 2 aromatic rings. The lowest BCUT2D eigenvalue weighted by Gasteiger charge is -2.26. The average molecular weight is 256 g/mol. The molecule has 0 spiro atoms. The Morgan fingerprint density at radius 2 is 2.17 bits per heavy atom. The molecule has 3 heteroatoms. The van der Waals surface area contributed by atoms with Gasteiger partial charge in [0.15, 0.2) is 4.77 Å². The van der Waals surface area contributed by atoms with Crippen molar-refractivity contribution in [2.75, 3.05) is 0 Å². The summed E-state index contributed by atoms with van der Waals surface area (Å²) in [5.41, 5.74) is 5.20. The van der Waals surface area contributed by atoms with Gasteiger partial charge in [0.05, 0.1) is 0 Å². The number of aromatic nitrogens is 2. The Kier molecular flexibility index (Phi) is 2.92. The minimum Gasteiger partial charge on any atom is -0.337 e. The number of H-pyrrole nitrogens is 2.